The van der Waals surface area contributed by atoms with E-state index in [1.165, 1.54) is 13.2 Å². The van der Waals surface area contributed by atoms with E-state index in [1.54, 1.807) is 45.2 Å². The van der Waals surface area contributed by atoms with E-state index in [-0.39, 0.29) is 23.9 Å². The van der Waals surface area contributed by atoms with Crippen molar-refractivity contribution in [1.82, 2.24) is 9.97 Å². The number of carbonyl (C=O) groups is 2. The van der Waals surface area contributed by atoms with E-state index in [0.717, 1.165) is 11.3 Å². The highest BCUT2D eigenvalue weighted by Crippen LogP contribution is 2.27. The van der Waals surface area contributed by atoms with E-state index < -0.39 is 23.4 Å². The van der Waals surface area contributed by atoms with Crippen LogP contribution in [0.4, 0.5) is 15.4 Å². The van der Waals surface area contributed by atoms with Gasteiger partial charge in [0.05, 0.1) is 0 Å². The van der Waals surface area contributed by atoms with Gasteiger partial charge in [-0.15, -0.1) is 0 Å². The molecule has 0 aliphatic heterocycles. The zero-order valence-electron chi connectivity index (χ0n) is 21.3. The number of amides is 1. The highest BCUT2D eigenvalue weighted by molar-refractivity contribution is 5.92. The fourth-order valence-electron chi connectivity index (χ4n) is 3.32. The van der Waals surface area contributed by atoms with Crippen LogP contribution in [0.1, 0.15) is 53.5 Å². The fraction of sp³-hybridized carbons (Fsp3) is 0.480. The van der Waals surface area contributed by atoms with Crippen LogP contribution in [0.2, 0.25) is 0 Å². The van der Waals surface area contributed by atoms with Gasteiger partial charge in [-0.1, -0.05) is 13.8 Å². The Morgan fingerprint density at radius 3 is 2.46 bits per heavy atom. The lowest BCUT2D eigenvalue weighted by Gasteiger charge is -2.26. The molecular weight excluding hydrogens is 450 g/mol. The molecule has 0 fully saturated rings. The Bertz CT molecular complexity index is 1100. The molecule has 1 amide bonds. The molecule has 2 heterocycles. The topological polar surface area (TPSA) is 141 Å². The van der Waals surface area contributed by atoms with Crippen molar-refractivity contribution in [3.8, 4) is 23.1 Å². The summed E-state index contributed by atoms with van der Waals surface area (Å²) in [5, 5.41) is 9.62. The Morgan fingerprint density at radius 2 is 1.86 bits per heavy atom. The van der Waals surface area contributed by atoms with Crippen molar-refractivity contribution in [2.75, 3.05) is 18.6 Å². The molecule has 1 unspecified atom stereocenters. The third-order valence-electron chi connectivity index (χ3n) is 4.64. The first kappa shape index (κ1) is 27.5. The molecule has 0 aromatic carbocycles. The van der Waals surface area contributed by atoms with Crippen molar-refractivity contribution in [2.24, 2.45) is 11.7 Å². The second kappa shape index (κ2) is 11.1. The summed E-state index contributed by atoms with van der Waals surface area (Å²) in [7, 11) is 1.41. The number of nitrogens with two attached hydrogens (primary N) is 1. The van der Waals surface area contributed by atoms with Crippen LogP contribution >= 0.6 is 0 Å². The molecule has 2 N–H and O–H groups in total. The van der Waals surface area contributed by atoms with Gasteiger partial charge >= 0.3 is 12.2 Å². The zero-order valence-corrected chi connectivity index (χ0v) is 21.3. The molecule has 0 saturated heterocycles. The summed E-state index contributed by atoms with van der Waals surface area (Å²) in [4.78, 5) is 33.7. The van der Waals surface area contributed by atoms with Crippen molar-refractivity contribution < 1.29 is 23.8 Å². The van der Waals surface area contributed by atoms with Crippen LogP contribution in [-0.4, -0.2) is 47.0 Å². The number of anilines is 1. The summed E-state index contributed by atoms with van der Waals surface area (Å²) in [6, 6.07) is 7.04. The SMILES string of the molecule is CC(C)CC(C)(N)COc1ncc(-c2ccnc(N(C)C(=O)OC(=O)OC(C)(C)C)c2)cc1C#N. The van der Waals surface area contributed by atoms with Gasteiger partial charge in [-0.25, -0.2) is 19.6 Å². The number of aromatic nitrogens is 2. The largest absolute Gasteiger partial charge is 0.517 e. The van der Waals surface area contributed by atoms with Crippen molar-refractivity contribution >= 4 is 18.1 Å². The van der Waals surface area contributed by atoms with Gasteiger partial charge in [0, 0.05) is 30.5 Å². The zero-order chi connectivity index (χ0) is 26.4. The Kier molecular flexibility index (Phi) is 8.77. The van der Waals surface area contributed by atoms with E-state index in [2.05, 4.69) is 29.9 Å². The van der Waals surface area contributed by atoms with Crippen molar-refractivity contribution in [3.63, 3.8) is 0 Å². The summed E-state index contributed by atoms with van der Waals surface area (Å²) < 4.78 is 15.5. The third kappa shape index (κ3) is 8.54. The molecule has 0 saturated carbocycles. The monoisotopic (exact) mass is 483 g/mol. The summed E-state index contributed by atoms with van der Waals surface area (Å²) in [6.07, 6.45) is 1.76. The van der Waals surface area contributed by atoms with Gasteiger partial charge in [-0.2, -0.15) is 5.26 Å². The van der Waals surface area contributed by atoms with Gasteiger partial charge in [0.15, 0.2) is 0 Å². The quantitative estimate of drug-likeness (QED) is 0.439. The second-order valence-electron chi connectivity index (χ2n) is 10.0. The van der Waals surface area contributed by atoms with E-state index in [0.29, 0.717) is 17.0 Å². The lowest BCUT2D eigenvalue weighted by Crippen LogP contribution is -2.43. The van der Waals surface area contributed by atoms with Gasteiger partial charge in [0.1, 0.15) is 29.7 Å². The van der Waals surface area contributed by atoms with E-state index in [9.17, 15) is 14.9 Å². The van der Waals surface area contributed by atoms with Crippen LogP contribution in [0.25, 0.3) is 11.1 Å². The Balaban J connectivity index is 2.18. The second-order valence-corrected chi connectivity index (χ2v) is 10.0. The molecule has 35 heavy (non-hydrogen) atoms. The predicted molar refractivity (Wildman–Crippen MR) is 131 cm³/mol. The first-order valence-electron chi connectivity index (χ1n) is 11.2. The highest BCUT2D eigenvalue weighted by Gasteiger charge is 2.24. The summed E-state index contributed by atoms with van der Waals surface area (Å²) in [5.41, 5.74) is 6.45. The maximum absolute atomic E-state index is 12.3. The lowest BCUT2D eigenvalue weighted by molar-refractivity contribution is 0.0102. The number of rotatable bonds is 7. The van der Waals surface area contributed by atoms with Crippen molar-refractivity contribution in [1.29, 1.82) is 5.26 Å². The predicted octanol–water partition coefficient (Wildman–Crippen LogP) is 4.67. The average Bonchev–Trinajstić information content (AvgIpc) is 2.74. The number of nitriles is 1. The molecule has 0 bridgehead atoms. The normalized spacial score (nSPS) is 12.9. The number of ether oxygens (including phenoxy) is 3. The lowest BCUT2D eigenvalue weighted by atomic mass is 9.93. The van der Waals surface area contributed by atoms with Gasteiger partial charge < -0.3 is 19.9 Å². The molecule has 0 spiro atoms. The molecule has 10 heteroatoms. The number of hydrogen-bond acceptors (Lipinski definition) is 9. The fourth-order valence-corrected chi connectivity index (χ4v) is 3.32. The Hall–Kier alpha value is -3.71. The van der Waals surface area contributed by atoms with E-state index in [1.807, 2.05) is 6.92 Å². The van der Waals surface area contributed by atoms with Crippen molar-refractivity contribution in [3.05, 3.63) is 36.2 Å². The molecule has 1 atom stereocenters. The Labute approximate surface area is 206 Å². The number of carbonyl (C=O) groups excluding carboxylic acids is 2. The minimum atomic E-state index is -1.11. The highest BCUT2D eigenvalue weighted by atomic mass is 16.8. The van der Waals surface area contributed by atoms with Gasteiger partial charge in [-0.3, -0.25) is 4.90 Å². The molecule has 2 aromatic heterocycles. The van der Waals surface area contributed by atoms with Crippen LogP contribution in [-0.2, 0) is 9.47 Å². The first-order valence-corrected chi connectivity index (χ1v) is 11.2. The molecule has 0 aliphatic carbocycles. The van der Waals surface area contributed by atoms with Crippen molar-refractivity contribution in [2.45, 2.75) is 59.1 Å². The first-order chi connectivity index (χ1) is 16.2. The maximum atomic E-state index is 12.3. The van der Waals surface area contributed by atoms with Gasteiger partial charge in [0.25, 0.3) is 0 Å². The van der Waals surface area contributed by atoms with Crippen LogP contribution in [0.5, 0.6) is 5.88 Å². The van der Waals surface area contributed by atoms with E-state index in [4.69, 9.17) is 19.9 Å². The number of pyridine rings is 2. The summed E-state index contributed by atoms with van der Waals surface area (Å²) in [5.74, 6) is 0.825. The van der Waals surface area contributed by atoms with Crippen LogP contribution < -0.4 is 15.4 Å². The van der Waals surface area contributed by atoms with Crippen LogP contribution in [0.15, 0.2) is 30.6 Å². The van der Waals surface area contributed by atoms with Crippen LogP contribution in [0, 0.1) is 17.2 Å². The standard InChI is InChI=1S/C25H33N5O5/c1-16(2)12-25(6,27)15-33-21-18(13-26)10-19(14-29-21)17-8-9-28-20(11-17)30(7)22(31)34-23(32)35-24(3,4)5/h8-11,14,16H,12,15,27H2,1-7H3. The van der Waals surface area contributed by atoms with Crippen LogP contribution in [0.3, 0.4) is 0 Å². The molecule has 2 aromatic rings. The summed E-state index contributed by atoms with van der Waals surface area (Å²) in [6.45, 7) is 11.3. The Morgan fingerprint density at radius 1 is 1.17 bits per heavy atom. The smallest absolute Gasteiger partial charge is 0.475 e. The number of hydrogen-bond donors (Lipinski definition) is 1. The summed E-state index contributed by atoms with van der Waals surface area (Å²) >= 11 is 0. The molecule has 10 nitrogen and oxygen atoms in total. The third-order valence-corrected chi connectivity index (χ3v) is 4.64. The minimum absolute atomic E-state index is 0.198. The molecule has 188 valence electrons. The minimum Gasteiger partial charge on any atom is -0.475 e. The average molecular weight is 484 g/mol. The molecule has 2 rings (SSSR count). The number of nitrogens with zero attached hydrogens (tertiary/aromatic N) is 4. The maximum Gasteiger partial charge on any atom is 0.517 e. The van der Waals surface area contributed by atoms with Gasteiger partial charge in [-0.05, 0) is 63.8 Å². The van der Waals surface area contributed by atoms with E-state index >= 15 is 0 Å². The molecule has 0 radical (unpaired) electrons. The van der Waals surface area contributed by atoms with Gasteiger partial charge in [0.2, 0.25) is 5.88 Å². The molecular formula is C25H33N5O5. The molecule has 0 aliphatic rings.